The maximum absolute atomic E-state index is 2.48. The van der Waals surface area contributed by atoms with E-state index < -0.39 is 0 Å². The lowest BCUT2D eigenvalue weighted by molar-refractivity contribution is 0.660. The maximum Gasteiger partial charge on any atom is 0.0540 e. The van der Waals surface area contributed by atoms with Crippen molar-refractivity contribution in [1.29, 1.82) is 0 Å². The molecule has 0 saturated heterocycles. The Balaban J connectivity index is 0.955. The van der Waals surface area contributed by atoms with Gasteiger partial charge in [0.05, 0.1) is 5.69 Å². The van der Waals surface area contributed by atoms with Crippen LogP contribution in [0.5, 0.6) is 0 Å². The van der Waals surface area contributed by atoms with E-state index in [0.29, 0.717) is 0 Å². The Morgan fingerprint density at radius 3 is 1.51 bits per heavy atom. The molecule has 3 aliphatic carbocycles. The van der Waals surface area contributed by atoms with E-state index in [-0.39, 0.29) is 16.2 Å². The molecule has 1 atom stereocenters. The van der Waals surface area contributed by atoms with Gasteiger partial charge in [-0.05, 0) is 150 Å². The Labute approximate surface area is 407 Å². The number of hydrogen-bond donors (Lipinski definition) is 0. The van der Waals surface area contributed by atoms with Crippen LogP contribution >= 0.6 is 0 Å². The molecule has 1 unspecified atom stereocenters. The summed E-state index contributed by atoms with van der Waals surface area (Å²) in [5.41, 5.74) is 27.7. The molecule has 13 rings (SSSR count). The van der Waals surface area contributed by atoms with Crippen molar-refractivity contribution in [2.24, 2.45) is 0 Å². The van der Waals surface area contributed by atoms with Gasteiger partial charge < -0.3 is 4.90 Å². The summed E-state index contributed by atoms with van der Waals surface area (Å²) in [5, 5.41) is 0. The molecule has 0 radical (unpaired) electrons. The van der Waals surface area contributed by atoms with Gasteiger partial charge in [-0.1, -0.05) is 216 Å². The average Bonchev–Trinajstić information content (AvgIpc) is 3.90. The molecule has 1 heteroatoms. The van der Waals surface area contributed by atoms with Gasteiger partial charge in [-0.25, -0.2) is 0 Å². The molecule has 330 valence electrons. The standard InChI is InChI=1S/C68H53N/c1-66(2)59-29-13-9-24-53(59)56-40-36-47(43-62(56)66)51-23-12-16-32-64(51)69(50-22-17-19-46(41-50)52-27-18-28-58-55-26-10-14-30-60(55)67(3,4)65(52)58)49-37-33-44(34-38-49)45-35-39-57-54-25-11-15-31-61(54)68(5,63(57)42-45)48-20-7-6-8-21-48/h6-43H,1-5H3. The number of benzene rings is 10. The molecule has 1 nitrogen and oxygen atoms in total. The highest BCUT2D eigenvalue weighted by Gasteiger charge is 2.41. The van der Waals surface area contributed by atoms with E-state index in [1.807, 2.05) is 0 Å². The lowest BCUT2D eigenvalue weighted by Crippen LogP contribution is -2.22. The minimum atomic E-state index is -0.263. The molecule has 0 amide bonds. The Hall–Kier alpha value is -8.00. The lowest BCUT2D eigenvalue weighted by atomic mass is 9.74. The van der Waals surface area contributed by atoms with Crippen molar-refractivity contribution in [3.8, 4) is 66.8 Å². The van der Waals surface area contributed by atoms with Crippen LogP contribution in [0, 0.1) is 0 Å². The fourth-order valence-electron chi connectivity index (χ4n) is 12.7. The van der Waals surface area contributed by atoms with Crippen LogP contribution in [0.25, 0.3) is 66.8 Å². The lowest BCUT2D eigenvalue weighted by Gasteiger charge is -2.30. The first-order valence-corrected chi connectivity index (χ1v) is 24.5. The fraction of sp³-hybridized carbons (Fsp3) is 0.118. The fourth-order valence-corrected chi connectivity index (χ4v) is 12.7. The quantitative estimate of drug-likeness (QED) is 0.154. The maximum atomic E-state index is 2.48. The third-order valence-electron chi connectivity index (χ3n) is 16.2. The highest BCUT2D eigenvalue weighted by atomic mass is 15.1. The van der Waals surface area contributed by atoms with E-state index in [4.69, 9.17) is 0 Å². The monoisotopic (exact) mass is 883 g/mol. The summed E-state index contributed by atoms with van der Waals surface area (Å²) < 4.78 is 0. The van der Waals surface area contributed by atoms with Crippen LogP contribution in [-0.4, -0.2) is 0 Å². The van der Waals surface area contributed by atoms with Gasteiger partial charge in [-0.15, -0.1) is 0 Å². The molecule has 0 fully saturated rings. The van der Waals surface area contributed by atoms with Gasteiger partial charge >= 0.3 is 0 Å². The zero-order valence-electron chi connectivity index (χ0n) is 39.9. The molecule has 0 bridgehead atoms. The van der Waals surface area contributed by atoms with Crippen LogP contribution in [0.3, 0.4) is 0 Å². The number of hydrogen-bond acceptors (Lipinski definition) is 1. The van der Waals surface area contributed by atoms with E-state index in [0.717, 1.165) is 17.1 Å². The molecule has 3 aliphatic rings. The zero-order chi connectivity index (χ0) is 46.6. The smallest absolute Gasteiger partial charge is 0.0540 e. The second-order valence-electron chi connectivity index (χ2n) is 20.6. The molecule has 69 heavy (non-hydrogen) atoms. The van der Waals surface area contributed by atoms with Gasteiger partial charge in [0.1, 0.15) is 0 Å². The second kappa shape index (κ2) is 15.3. The first kappa shape index (κ1) is 41.2. The summed E-state index contributed by atoms with van der Waals surface area (Å²) >= 11 is 0. The van der Waals surface area contributed by atoms with Crippen LogP contribution in [-0.2, 0) is 16.2 Å². The molecular weight excluding hydrogens is 831 g/mol. The summed E-state index contributed by atoms with van der Waals surface area (Å²) in [7, 11) is 0. The normalized spacial score (nSPS) is 16.2. The molecule has 0 spiro atoms. The number of fused-ring (bicyclic) bond motifs is 9. The van der Waals surface area contributed by atoms with Crippen molar-refractivity contribution < 1.29 is 0 Å². The highest BCUT2D eigenvalue weighted by molar-refractivity contribution is 5.94. The average molecular weight is 884 g/mol. The van der Waals surface area contributed by atoms with E-state index in [1.165, 1.54) is 106 Å². The van der Waals surface area contributed by atoms with E-state index in [9.17, 15) is 0 Å². The summed E-state index contributed by atoms with van der Waals surface area (Å²) in [5.74, 6) is 0. The van der Waals surface area contributed by atoms with Gasteiger partial charge in [0.15, 0.2) is 0 Å². The van der Waals surface area contributed by atoms with Gasteiger partial charge in [0.2, 0.25) is 0 Å². The van der Waals surface area contributed by atoms with Crippen LogP contribution in [0.1, 0.15) is 73.6 Å². The summed E-state index contributed by atoms with van der Waals surface area (Å²) in [4.78, 5) is 2.48. The van der Waals surface area contributed by atoms with Gasteiger partial charge in [-0.3, -0.25) is 0 Å². The van der Waals surface area contributed by atoms with Crippen LogP contribution in [0.15, 0.2) is 231 Å². The van der Waals surface area contributed by atoms with Crippen molar-refractivity contribution in [2.75, 3.05) is 4.90 Å². The minimum Gasteiger partial charge on any atom is -0.310 e. The molecule has 0 saturated carbocycles. The van der Waals surface area contributed by atoms with Gasteiger partial charge in [0.25, 0.3) is 0 Å². The second-order valence-corrected chi connectivity index (χ2v) is 20.6. The molecular formula is C68H53N. The van der Waals surface area contributed by atoms with Crippen molar-refractivity contribution in [3.63, 3.8) is 0 Å². The Morgan fingerprint density at radius 1 is 0.275 bits per heavy atom. The molecule has 10 aromatic carbocycles. The Kier molecular flexibility index (Phi) is 9.11. The summed E-state index contributed by atoms with van der Waals surface area (Å²) in [6, 6.07) is 86.4. The summed E-state index contributed by atoms with van der Waals surface area (Å²) in [6.45, 7) is 11.9. The predicted molar refractivity (Wildman–Crippen MR) is 290 cm³/mol. The van der Waals surface area contributed by atoms with Crippen LogP contribution < -0.4 is 4.90 Å². The SMILES string of the molecule is CC1(C)c2ccccc2-c2ccc(-c3ccccc3N(c3ccc(-c4ccc5c(c4)C(C)(c4ccccc4)c4ccccc4-5)cc3)c3cccc(-c4cccc5c4C(C)(C)c4ccccc4-5)c3)cc21. The summed E-state index contributed by atoms with van der Waals surface area (Å²) in [6.07, 6.45) is 0. The molecule has 0 heterocycles. The predicted octanol–water partition coefficient (Wildman–Crippen LogP) is 18.1. The van der Waals surface area contributed by atoms with Crippen molar-refractivity contribution >= 4 is 17.1 Å². The molecule has 10 aromatic rings. The minimum absolute atomic E-state index is 0.108. The van der Waals surface area contributed by atoms with E-state index >= 15 is 0 Å². The van der Waals surface area contributed by atoms with Crippen molar-refractivity contribution in [2.45, 2.75) is 50.9 Å². The molecule has 0 aliphatic heterocycles. The number of nitrogens with zero attached hydrogens (tertiary/aromatic N) is 1. The van der Waals surface area contributed by atoms with Crippen molar-refractivity contribution in [1.82, 2.24) is 0 Å². The topological polar surface area (TPSA) is 3.24 Å². The Bertz CT molecular complexity index is 3680. The van der Waals surface area contributed by atoms with Gasteiger partial charge in [-0.2, -0.15) is 0 Å². The third kappa shape index (κ3) is 6.09. The number of anilines is 3. The van der Waals surface area contributed by atoms with E-state index in [1.54, 1.807) is 0 Å². The first-order valence-electron chi connectivity index (χ1n) is 24.5. The van der Waals surface area contributed by atoms with Crippen molar-refractivity contribution in [3.05, 3.63) is 269 Å². The third-order valence-corrected chi connectivity index (χ3v) is 16.2. The number of rotatable bonds is 7. The largest absolute Gasteiger partial charge is 0.310 e. The highest BCUT2D eigenvalue weighted by Crippen LogP contribution is 2.55. The molecule has 0 N–H and O–H groups in total. The zero-order valence-corrected chi connectivity index (χ0v) is 39.9. The van der Waals surface area contributed by atoms with Crippen LogP contribution in [0.2, 0.25) is 0 Å². The first-order chi connectivity index (χ1) is 33.6. The van der Waals surface area contributed by atoms with Gasteiger partial charge in [0, 0.05) is 33.2 Å². The van der Waals surface area contributed by atoms with E-state index in [2.05, 4.69) is 270 Å². The molecule has 0 aromatic heterocycles. The number of para-hydroxylation sites is 1. The Morgan fingerprint density at radius 2 is 0.768 bits per heavy atom. The van der Waals surface area contributed by atoms with Crippen LogP contribution in [0.4, 0.5) is 17.1 Å².